The van der Waals surface area contributed by atoms with Crippen molar-refractivity contribution in [3.05, 3.63) is 113 Å². The van der Waals surface area contributed by atoms with Gasteiger partial charge in [-0.25, -0.2) is 9.38 Å². The topological polar surface area (TPSA) is 88.0 Å². The summed E-state index contributed by atoms with van der Waals surface area (Å²) in [5, 5.41) is 12.6. The predicted octanol–water partition coefficient (Wildman–Crippen LogP) is 3.99. The fourth-order valence-corrected chi connectivity index (χ4v) is 4.60. The van der Waals surface area contributed by atoms with Crippen LogP contribution in [0.2, 0.25) is 0 Å². The minimum Gasteiger partial charge on any atom is -0.354 e. The standard InChI is InChI=1S/C26H19FN6O/c1-16-31-32-25-26(28-15-34,23-14-17-8-2-6-12-21(17)29-23)30-24(18-9-3-5-11-20(18)27)19-10-4-7-13-22(19)33(16)25/h2-15,29H,1H3,(H,28,34). The molecule has 0 fully saturated rings. The highest BCUT2D eigenvalue weighted by atomic mass is 19.1. The Labute approximate surface area is 194 Å². The van der Waals surface area contributed by atoms with Gasteiger partial charge in [0.1, 0.15) is 11.6 Å². The smallest absolute Gasteiger partial charge is 0.234 e. The summed E-state index contributed by atoms with van der Waals surface area (Å²) in [5.41, 5.74) is 2.12. The van der Waals surface area contributed by atoms with Gasteiger partial charge < -0.3 is 10.3 Å². The molecule has 5 aromatic rings. The largest absolute Gasteiger partial charge is 0.354 e. The first-order chi connectivity index (χ1) is 16.6. The van der Waals surface area contributed by atoms with Crippen molar-refractivity contribution in [1.29, 1.82) is 0 Å². The number of H-pyrrole nitrogens is 1. The van der Waals surface area contributed by atoms with Gasteiger partial charge in [-0.05, 0) is 42.6 Å². The molecule has 8 heteroatoms. The van der Waals surface area contributed by atoms with Gasteiger partial charge in [-0.3, -0.25) is 9.36 Å². The number of para-hydroxylation sites is 2. The van der Waals surface area contributed by atoms with E-state index < -0.39 is 11.5 Å². The fourth-order valence-electron chi connectivity index (χ4n) is 4.60. The average molecular weight is 450 g/mol. The maximum absolute atomic E-state index is 15.1. The third-order valence-electron chi connectivity index (χ3n) is 6.14. The normalized spacial score (nSPS) is 16.9. The molecule has 0 aliphatic carbocycles. The molecule has 0 radical (unpaired) electrons. The van der Waals surface area contributed by atoms with E-state index in [0.717, 1.165) is 16.6 Å². The van der Waals surface area contributed by atoms with E-state index in [-0.39, 0.29) is 0 Å². The van der Waals surface area contributed by atoms with Gasteiger partial charge in [0.25, 0.3) is 0 Å². The Morgan fingerprint density at radius 3 is 2.50 bits per heavy atom. The van der Waals surface area contributed by atoms with Gasteiger partial charge >= 0.3 is 0 Å². The van der Waals surface area contributed by atoms with Gasteiger partial charge in [-0.15, -0.1) is 10.2 Å². The molecule has 2 N–H and O–H groups in total. The molecule has 3 aromatic carbocycles. The minimum absolute atomic E-state index is 0.319. The molecule has 166 valence electrons. The molecule has 0 saturated heterocycles. The summed E-state index contributed by atoms with van der Waals surface area (Å²) in [6, 6.07) is 23.7. The number of aliphatic imine (C=N–C) groups is 1. The predicted molar refractivity (Wildman–Crippen MR) is 126 cm³/mol. The van der Waals surface area contributed by atoms with Crippen molar-refractivity contribution in [2.45, 2.75) is 12.6 Å². The van der Waals surface area contributed by atoms with Crippen molar-refractivity contribution >= 4 is 23.0 Å². The van der Waals surface area contributed by atoms with Crippen molar-refractivity contribution in [3.63, 3.8) is 0 Å². The average Bonchev–Trinajstić information content (AvgIpc) is 3.44. The first-order valence-electron chi connectivity index (χ1n) is 10.8. The van der Waals surface area contributed by atoms with Gasteiger partial charge in [-0.1, -0.05) is 48.5 Å². The van der Waals surface area contributed by atoms with E-state index in [2.05, 4.69) is 20.5 Å². The number of nitrogens with one attached hydrogen (secondary N) is 2. The van der Waals surface area contributed by atoms with E-state index in [0.29, 0.717) is 40.6 Å². The van der Waals surface area contributed by atoms with Gasteiger partial charge in [0.05, 0.1) is 17.1 Å². The van der Waals surface area contributed by atoms with Gasteiger partial charge in [0.15, 0.2) is 5.82 Å². The lowest BCUT2D eigenvalue weighted by atomic mass is 9.99. The van der Waals surface area contributed by atoms with E-state index >= 15 is 4.39 Å². The second-order valence-corrected chi connectivity index (χ2v) is 8.11. The zero-order valence-corrected chi connectivity index (χ0v) is 18.2. The SMILES string of the molecule is Cc1nnc2n1-c1ccccc1C(c1ccccc1F)=NC2(NC=O)c1cc2ccccc2[nH]1. The van der Waals surface area contributed by atoms with Crippen LogP contribution in [0, 0.1) is 12.7 Å². The molecular weight excluding hydrogens is 431 g/mol. The summed E-state index contributed by atoms with van der Waals surface area (Å²) in [6.07, 6.45) is 0.582. The number of hydrogen-bond acceptors (Lipinski definition) is 4. The number of halogens is 1. The summed E-state index contributed by atoms with van der Waals surface area (Å²) >= 11 is 0. The third kappa shape index (κ3) is 2.82. The lowest BCUT2D eigenvalue weighted by Crippen LogP contribution is -2.44. The Bertz CT molecular complexity index is 1570. The number of carbonyl (C=O) groups excluding carboxylic acids is 1. The number of amides is 1. The Balaban J connectivity index is 1.77. The van der Waals surface area contributed by atoms with Crippen LogP contribution in [0.4, 0.5) is 4.39 Å². The molecular formula is C26H19FN6O. The summed E-state index contributed by atoms with van der Waals surface area (Å²) < 4.78 is 17.0. The maximum Gasteiger partial charge on any atom is 0.234 e. The summed E-state index contributed by atoms with van der Waals surface area (Å²) in [5.74, 6) is 0.588. The molecule has 1 aliphatic rings. The van der Waals surface area contributed by atoms with E-state index in [9.17, 15) is 4.79 Å². The van der Waals surface area contributed by atoms with Crippen molar-refractivity contribution in [1.82, 2.24) is 25.1 Å². The number of aromatic nitrogens is 4. The maximum atomic E-state index is 15.1. The van der Waals surface area contributed by atoms with Crippen LogP contribution in [-0.2, 0) is 10.5 Å². The molecule has 2 aromatic heterocycles. The van der Waals surface area contributed by atoms with Crippen molar-refractivity contribution in [3.8, 4) is 5.69 Å². The lowest BCUT2D eigenvalue weighted by Gasteiger charge is -2.27. The van der Waals surface area contributed by atoms with Crippen molar-refractivity contribution in [2.75, 3.05) is 0 Å². The van der Waals surface area contributed by atoms with E-state index in [4.69, 9.17) is 4.99 Å². The zero-order chi connectivity index (χ0) is 23.3. The van der Waals surface area contributed by atoms with Crippen LogP contribution in [-0.4, -0.2) is 31.9 Å². The Kier molecular flexibility index (Phi) is 4.41. The van der Waals surface area contributed by atoms with Crippen molar-refractivity contribution in [2.24, 2.45) is 4.99 Å². The second kappa shape index (κ2) is 7.48. The number of fused-ring (bicyclic) bond motifs is 4. The quantitative estimate of drug-likeness (QED) is 0.406. The monoisotopic (exact) mass is 450 g/mol. The first kappa shape index (κ1) is 20.0. The molecule has 7 nitrogen and oxygen atoms in total. The number of hydrogen-bond donors (Lipinski definition) is 2. The Morgan fingerprint density at radius 2 is 1.71 bits per heavy atom. The lowest BCUT2D eigenvalue weighted by molar-refractivity contribution is -0.111. The van der Waals surface area contributed by atoms with Crippen LogP contribution in [0.5, 0.6) is 0 Å². The summed E-state index contributed by atoms with van der Waals surface area (Å²) in [4.78, 5) is 20.5. The molecule has 0 saturated carbocycles. The molecule has 6 rings (SSSR count). The number of rotatable bonds is 4. The molecule has 0 bridgehead atoms. The van der Waals surface area contributed by atoms with E-state index in [1.165, 1.54) is 6.07 Å². The van der Waals surface area contributed by atoms with Gasteiger partial charge in [0.2, 0.25) is 12.1 Å². The van der Waals surface area contributed by atoms with E-state index in [1.807, 2.05) is 66.1 Å². The molecule has 1 amide bonds. The first-order valence-corrected chi connectivity index (χ1v) is 10.8. The van der Waals surface area contributed by atoms with Crippen molar-refractivity contribution < 1.29 is 9.18 Å². The fraction of sp³-hybridized carbons (Fsp3) is 0.0769. The van der Waals surface area contributed by atoms with Crippen LogP contribution >= 0.6 is 0 Å². The van der Waals surface area contributed by atoms with Gasteiger partial charge in [-0.2, -0.15) is 0 Å². The van der Waals surface area contributed by atoms with Crippen LogP contribution in [0.25, 0.3) is 16.6 Å². The number of aromatic amines is 1. The molecule has 1 unspecified atom stereocenters. The Morgan fingerprint density at radius 1 is 0.971 bits per heavy atom. The minimum atomic E-state index is -1.49. The van der Waals surface area contributed by atoms with Crippen LogP contribution in [0.1, 0.15) is 28.5 Å². The molecule has 34 heavy (non-hydrogen) atoms. The van der Waals surface area contributed by atoms with Crippen LogP contribution in [0.15, 0.2) is 83.9 Å². The zero-order valence-electron chi connectivity index (χ0n) is 18.2. The number of nitrogens with zero attached hydrogens (tertiary/aromatic N) is 4. The molecule has 1 atom stereocenters. The van der Waals surface area contributed by atoms with Crippen LogP contribution in [0.3, 0.4) is 0 Å². The molecule has 0 spiro atoms. The third-order valence-corrected chi connectivity index (χ3v) is 6.14. The summed E-state index contributed by atoms with van der Waals surface area (Å²) in [6.45, 7) is 1.83. The number of aryl methyl sites for hydroxylation is 1. The van der Waals surface area contributed by atoms with Crippen LogP contribution < -0.4 is 5.32 Å². The summed E-state index contributed by atoms with van der Waals surface area (Å²) in [7, 11) is 0. The molecule has 3 heterocycles. The Hall–Kier alpha value is -4.59. The molecule has 1 aliphatic heterocycles. The highest BCUT2D eigenvalue weighted by Gasteiger charge is 2.44. The van der Waals surface area contributed by atoms with Gasteiger partial charge in [0, 0.05) is 16.6 Å². The number of carbonyl (C=O) groups is 1. The highest BCUT2D eigenvalue weighted by molar-refractivity contribution is 6.15. The number of benzene rings is 3. The van der Waals surface area contributed by atoms with E-state index in [1.54, 1.807) is 18.2 Å². The highest BCUT2D eigenvalue weighted by Crippen LogP contribution is 2.38. The second-order valence-electron chi connectivity index (χ2n) is 8.11.